The molecule has 0 fully saturated rings. The first kappa shape index (κ1) is 14.6. The largest absolute Gasteiger partial charge is 0.379 e. The number of hydrogen-bond donors (Lipinski definition) is 1. The molecule has 0 radical (unpaired) electrons. The number of carbonyl (C=O) groups excluding carboxylic acids is 1. The lowest BCUT2D eigenvalue weighted by Crippen LogP contribution is -2.28. The molecule has 0 aromatic heterocycles. The lowest BCUT2D eigenvalue weighted by atomic mass is 10.1. The minimum atomic E-state index is -0.329. The Balaban J connectivity index is 2.36. The first-order valence-corrected chi connectivity index (χ1v) is 6.12. The molecule has 0 saturated carbocycles. The van der Waals surface area contributed by atoms with Crippen molar-refractivity contribution in [2.75, 3.05) is 19.8 Å². The van der Waals surface area contributed by atoms with Crippen molar-refractivity contribution in [1.82, 2.24) is 5.32 Å². The van der Waals surface area contributed by atoms with Gasteiger partial charge in [-0.15, -0.1) is 0 Å². The Kier molecular flexibility index (Phi) is 5.78. The van der Waals surface area contributed by atoms with Gasteiger partial charge >= 0.3 is 0 Å². The van der Waals surface area contributed by atoms with Crippen LogP contribution in [0.4, 0.5) is 4.39 Å². The van der Waals surface area contributed by atoms with Crippen molar-refractivity contribution in [1.29, 1.82) is 0 Å². The van der Waals surface area contributed by atoms with Crippen molar-refractivity contribution in [3.8, 4) is 0 Å². The summed E-state index contributed by atoms with van der Waals surface area (Å²) in [6.07, 6.45) is 0. The monoisotopic (exact) mass is 253 g/mol. The number of rotatable bonds is 6. The van der Waals surface area contributed by atoms with Gasteiger partial charge in [0.05, 0.1) is 6.61 Å². The summed E-state index contributed by atoms with van der Waals surface area (Å²) >= 11 is 0. The maximum atomic E-state index is 12.9. The number of ether oxygens (including phenoxy) is 1. The van der Waals surface area contributed by atoms with Gasteiger partial charge in [-0.3, -0.25) is 4.79 Å². The average Bonchev–Trinajstić information content (AvgIpc) is 2.27. The summed E-state index contributed by atoms with van der Waals surface area (Å²) in [5.41, 5.74) is 1.14. The predicted octanol–water partition coefficient (Wildman–Crippen LogP) is 2.54. The molecule has 1 aromatic rings. The molecule has 18 heavy (non-hydrogen) atoms. The molecule has 1 amide bonds. The third-order valence-corrected chi connectivity index (χ3v) is 2.42. The van der Waals surface area contributed by atoms with Crippen LogP contribution in [0.25, 0.3) is 0 Å². The van der Waals surface area contributed by atoms with Gasteiger partial charge in [0.1, 0.15) is 5.82 Å². The zero-order valence-electron chi connectivity index (χ0n) is 11.1. The molecule has 1 rings (SSSR count). The second kappa shape index (κ2) is 7.11. The van der Waals surface area contributed by atoms with E-state index in [2.05, 4.69) is 19.2 Å². The molecular weight excluding hydrogens is 233 g/mol. The van der Waals surface area contributed by atoms with E-state index in [1.807, 2.05) is 0 Å². The molecule has 0 saturated heterocycles. The Morgan fingerprint density at radius 1 is 1.44 bits per heavy atom. The average molecular weight is 253 g/mol. The summed E-state index contributed by atoms with van der Waals surface area (Å²) in [4.78, 5) is 11.8. The van der Waals surface area contributed by atoms with E-state index in [0.717, 1.165) is 0 Å². The molecule has 1 N–H and O–H groups in total. The Morgan fingerprint density at radius 2 is 2.17 bits per heavy atom. The van der Waals surface area contributed by atoms with Crippen LogP contribution in [-0.2, 0) is 4.74 Å². The van der Waals surface area contributed by atoms with Gasteiger partial charge in [-0.05, 0) is 36.6 Å². The molecule has 0 aliphatic heterocycles. The summed E-state index contributed by atoms with van der Waals surface area (Å²) in [6, 6.07) is 4.14. The standard InChI is InChI=1S/C14H20FNO2/c1-10(2)9-18-7-6-16-14(17)13-5-4-12(15)8-11(13)3/h4-5,8,10H,6-7,9H2,1-3H3,(H,16,17). The fourth-order valence-corrected chi connectivity index (χ4v) is 1.53. The smallest absolute Gasteiger partial charge is 0.251 e. The summed E-state index contributed by atoms with van der Waals surface area (Å²) in [5.74, 6) is -0.0370. The van der Waals surface area contributed by atoms with Gasteiger partial charge in [-0.25, -0.2) is 4.39 Å². The highest BCUT2D eigenvalue weighted by Gasteiger charge is 2.08. The van der Waals surface area contributed by atoms with Crippen molar-refractivity contribution >= 4 is 5.91 Å². The highest BCUT2D eigenvalue weighted by atomic mass is 19.1. The number of benzene rings is 1. The number of nitrogens with one attached hydrogen (secondary N) is 1. The van der Waals surface area contributed by atoms with E-state index in [4.69, 9.17) is 4.74 Å². The molecule has 1 aromatic carbocycles. The molecule has 0 atom stereocenters. The zero-order chi connectivity index (χ0) is 13.5. The third-order valence-electron chi connectivity index (χ3n) is 2.42. The van der Waals surface area contributed by atoms with E-state index in [-0.39, 0.29) is 11.7 Å². The first-order valence-electron chi connectivity index (χ1n) is 6.12. The SMILES string of the molecule is Cc1cc(F)ccc1C(=O)NCCOCC(C)C. The number of carbonyl (C=O) groups is 1. The van der Waals surface area contributed by atoms with Crippen molar-refractivity contribution < 1.29 is 13.9 Å². The van der Waals surface area contributed by atoms with Gasteiger partial charge in [-0.1, -0.05) is 13.8 Å². The summed E-state index contributed by atoms with van der Waals surface area (Å²) in [6.45, 7) is 7.49. The van der Waals surface area contributed by atoms with Gasteiger partial charge in [0.25, 0.3) is 5.91 Å². The van der Waals surface area contributed by atoms with Gasteiger partial charge in [0, 0.05) is 18.7 Å². The van der Waals surface area contributed by atoms with Crippen LogP contribution in [0.15, 0.2) is 18.2 Å². The summed E-state index contributed by atoms with van der Waals surface area (Å²) in [5, 5.41) is 2.75. The van der Waals surface area contributed by atoms with Gasteiger partial charge in [-0.2, -0.15) is 0 Å². The van der Waals surface area contributed by atoms with Crippen LogP contribution in [0.3, 0.4) is 0 Å². The summed E-state index contributed by atoms with van der Waals surface area (Å²) in [7, 11) is 0. The minimum Gasteiger partial charge on any atom is -0.379 e. The molecule has 0 unspecified atom stereocenters. The third kappa shape index (κ3) is 4.84. The fourth-order valence-electron chi connectivity index (χ4n) is 1.53. The second-order valence-corrected chi connectivity index (χ2v) is 4.68. The molecule has 3 nitrogen and oxygen atoms in total. The van der Waals surface area contributed by atoms with Crippen LogP contribution in [0, 0.1) is 18.7 Å². The van der Waals surface area contributed by atoms with Gasteiger partial charge < -0.3 is 10.1 Å². The van der Waals surface area contributed by atoms with Crippen molar-refractivity contribution in [2.24, 2.45) is 5.92 Å². The van der Waals surface area contributed by atoms with E-state index in [1.54, 1.807) is 6.92 Å². The van der Waals surface area contributed by atoms with Crippen LogP contribution in [-0.4, -0.2) is 25.7 Å². The molecule has 0 bridgehead atoms. The van der Waals surface area contributed by atoms with Crippen molar-refractivity contribution in [3.05, 3.63) is 35.1 Å². The van der Waals surface area contributed by atoms with Gasteiger partial charge in [0.2, 0.25) is 0 Å². The number of aryl methyl sites for hydroxylation is 1. The molecule has 0 aliphatic rings. The highest BCUT2D eigenvalue weighted by molar-refractivity contribution is 5.95. The topological polar surface area (TPSA) is 38.3 Å². The number of amides is 1. The maximum Gasteiger partial charge on any atom is 0.251 e. The maximum absolute atomic E-state index is 12.9. The predicted molar refractivity (Wildman–Crippen MR) is 69.1 cm³/mol. The number of hydrogen-bond acceptors (Lipinski definition) is 2. The van der Waals surface area contributed by atoms with Crippen molar-refractivity contribution in [3.63, 3.8) is 0 Å². The Hall–Kier alpha value is -1.42. The van der Waals surface area contributed by atoms with Crippen LogP contribution >= 0.6 is 0 Å². The quantitative estimate of drug-likeness (QED) is 0.791. The Labute approximate surface area is 107 Å². The normalized spacial score (nSPS) is 10.7. The van der Waals surface area contributed by atoms with E-state index >= 15 is 0 Å². The van der Waals surface area contributed by atoms with Crippen LogP contribution in [0.2, 0.25) is 0 Å². The van der Waals surface area contributed by atoms with Crippen molar-refractivity contribution in [2.45, 2.75) is 20.8 Å². The van der Waals surface area contributed by atoms with E-state index in [0.29, 0.717) is 36.8 Å². The van der Waals surface area contributed by atoms with E-state index in [1.165, 1.54) is 18.2 Å². The Bertz CT molecular complexity index is 405. The lowest BCUT2D eigenvalue weighted by molar-refractivity contribution is 0.0885. The Morgan fingerprint density at radius 3 is 2.78 bits per heavy atom. The van der Waals surface area contributed by atoms with Gasteiger partial charge in [0.15, 0.2) is 0 Å². The summed E-state index contributed by atoms with van der Waals surface area (Å²) < 4.78 is 18.2. The molecule has 0 heterocycles. The number of halogens is 1. The molecule has 0 spiro atoms. The molecular formula is C14H20FNO2. The van der Waals surface area contributed by atoms with Crippen LogP contribution < -0.4 is 5.32 Å². The fraction of sp³-hybridized carbons (Fsp3) is 0.500. The van der Waals surface area contributed by atoms with Crippen LogP contribution in [0.1, 0.15) is 29.8 Å². The minimum absolute atomic E-state index is 0.194. The first-order chi connectivity index (χ1) is 8.50. The molecule has 0 aliphatic carbocycles. The van der Waals surface area contributed by atoms with Crippen LogP contribution in [0.5, 0.6) is 0 Å². The second-order valence-electron chi connectivity index (χ2n) is 4.68. The highest BCUT2D eigenvalue weighted by Crippen LogP contribution is 2.09. The lowest BCUT2D eigenvalue weighted by Gasteiger charge is -2.09. The zero-order valence-corrected chi connectivity index (χ0v) is 11.1. The molecule has 100 valence electrons. The van der Waals surface area contributed by atoms with E-state index in [9.17, 15) is 9.18 Å². The molecule has 4 heteroatoms. The van der Waals surface area contributed by atoms with E-state index < -0.39 is 0 Å².